The highest BCUT2D eigenvalue weighted by molar-refractivity contribution is 5.95. The molecule has 2 aliphatic rings. The molecule has 0 aromatic heterocycles. The number of benzene rings is 1. The first-order valence-corrected chi connectivity index (χ1v) is 7.07. The Labute approximate surface area is 118 Å². The van der Waals surface area contributed by atoms with Gasteiger partial charge in [0.25, 0.3) is 0 Å². The smallest absolute Gasteiger partial charge is 0.412 e. The van der Waals surface area contributed by atoms with Crippen molar-refractivity contribution >= 4 is 12.0 Å². The summed E-state index contributed by atoms with van der Waals surface area (Å²) in [6.45, 7) is 1.30. The van der Waals surface area contributed by atoms with Crippen LogP contribution in [0.3, 0.4) is 0 Å². The predicted octanol–water partition coefficient (Wildman–Crippen LogP) is 2.49. The maximum Gasteiger partial charge on any atom is 0.412 e. The second-order valence-electron chi connectivity index (χ2n) is 5.08. The molecule has 1 heterocycles. The van der Waals surface area contributed by atoms with E-state index in [-0.39, 0.29) is 12.1 Å². The maximum absolute atomic E-state index is 11.8. The second-order valence-corrected chi connectivity index (χ2v) is 5.08. The van der Waals surface area contributed by atoms with Crippen LogP contribution in [0.5, 0.6) is 5.75 Å². The molecular weight excluding hydrogens is 256 g/mol. The molecule has 0 radical (unpaired) electrons. The molecule has 1 aromatic carbocycles. The van der Waals surface area contributed by atoms with Crippen LogP contribution in [0.4, 0.5) is 4.79 Å². The van der Waals surface area contributed by atoms with E-state index < -0.39 is 0 Å². The highest BCUT2D eigenvalue weighted by Gasteiger charge is 2.18. The Bertz CT molecular complexity index is 522. The van der Waals surface area contributed by atoms with Crippen molar-refractivity contribution in [2.45, 2.75) is 31.7 Å². The van der Waals surface area contributed by atoms with Gasteiger partial charge in [-0.05, 0) is 31.0 Å². The Hall–Kier alpha value is -2.04. The number of hydrogen-bond acceptors (Lipinski definition) is 4. The molecule has 5 heteroatoms. The molecule has 0 spiro atoms. The largest absolute Gasteiger partial charge is 0.476 e. The van der Waals surface area contributed by atoms with E-state index in [0.29, 0.717) is 24.8 Å². The van der Waals surface area contributed by atoms with Crippen LogP contribution in [0.2, 0.25) is 0 Å². The number of nitrogens with one attached hydrogen (secondary N) is 1. The molecule has 106 valence electrons. The fraction of sp³-hybridized carbons (Fsp3) is 0.467. The fourth-order valence-electron chi connectivity index (χ4n) is 2.58. The molecule has 1 saturated carbocycles. The van der Waals surface area contributed by atoms with Gasteiger partial charge in [-0.25, -0.2) is 9.79 Å². The Balaban J connectivity index is 1.61. The summed E-state index contributed by atoms with van der Waals surface area (Å²) in [6, 6.07) is 7.52. The highest BCUT2D eigenvalue weighted by atomic mass is 16.6. The summed E-state index contributed by atoms with van der Waals surface area (Å²) in [5, 5.41) is 2.89. The molecule has 1 fully saturated rings. The van der Waals surface area contributed by atoms with Crippen molar-refractivity contribution in [3.63, 3.8) is 0 Å². The van der Waals surface area contributed by atoms with E-state index in [9.17, 15) is 4.79 Å². The third kappa shape index (κ3) is 3.10. The average Bonchev–Trinajstić information content (AvgIpc) is 3.11. The second kappa shape index (κ2) is 5.94. The summed E-state index contributed by atoms with van der Waals surface area (Å²) in [6.07, 6.45) is 4.05. The lowest BCUT2D eigenvalue weighted by molar-refractivity contribution is 0.196. The standard InChI is InChI=1S/C15H18N2O3/c18-15(17-12-5-1-2-6-12)20-13-7-3-4-11(10-13)14-16-8-9-19-14/h3-4,7,10,12H,1-2,5-6,8-9H2,(H,17,18). The molecule has 1 amide bonds. The fourth-order valence-corrected chi connectivity index (χ4v) is 2.58. The number of carbonyl (C=O) groups is 1. The van der Waals surface area contributed by atoms with Gasteiger partial charge in [-0.15, -0.1) is 0 Å². The van der Waals surface area contributed by atoms with Crippen LogP contribution in [0.1, 0.15) is 31.2 Å². The lowest BCUT2D eigenvalue weighted by atomic mass is 10.2. The average molecular weight is 274 g/mol. The van der Waals surface area contributed by atoms with E-state index in [4.69, 9.17) is 9.47 Å². The van der Waals surface area contributed by atoms with Gasteiger partial charge in [-0.3, -0.25) is 0 Å². The van der Waals surface area contributed by atoms with Crippen LogP contribution in [0.25, 0.3) is 0 Å². The van der Waals surface area contributed by atoms with Crippen molar-refractivity contribution in [3.8, 4) is 5.75 Å². The van der Waals surface area contributed by atoms with Gasteiger partial charge in [-0.2, -0.15) is 0 Å². The van der Waals surface area contributed by atoms with Crippen molar-refractivity contribution in [3.05, 3.63) is 29.8 Å². The maximum atomic E-state index is 11.8. The van der Waals surface area contributed by atoms with Crippen LogP contribution in [-0.4, -0.2) is 31.2 Å². The van der Waals surface area contributed by atoms with Crippen molar-refractivity contribution in [2.24, 2.45) is 4.99 Å². The Morgan fingerprint density at radius 2 is 2.20 bits per heavy atom. The number of ether oxygens (including phenoxy) is 2. The minimum Gasteiger partial charge on any atom is -0.476 e. The zero-order valence-corrected chi connectivity index (χ0v) is 11.3. The molecule has 0 atom stereocenters. The number of carbonyl (C=O) groups excluding carboxylic acids is 1. The molecule has 0 bridgehead atoms. The molecule has 20 heavy (non-hydrogen) atoms. The quantitative estimate of drug-likeness (QED) is 0.921. The van der Waals surface area contributed by atoms with E-state index in [0.717, 1.165) is 18.4 Å². The third-order valence-corrected chi connectivity index (χ3v) is 3.55. The van der Waals surface area contributed by atoms with E-state index in [1.807, 2.05) is 12.1 Å². The van der Waals surface area contributed by atoms with Crippen LogP contribution in [-0.2, 0) is 4.74 Å². The summed E-state index contributed by atoms with van der Waals surface area (Å²) in [5.74, 6) is 1.13. The molecule has 1 N–H and O–H groups in total. The lowest BCUT2D eigenvalue weighted by Gasteiger charge is -2.12. The monoisotopic (exact) mass is 274 g/mol. The van der Waals surface area contributed by atoms with Crippen LogP contribution in [0.15, 0.2) is 29.3 Å². The van der Waals surface area contributed by atoms with Gasteiger partial charge >= 0.3 is 6.09 Å². The van der Waals surface area contributed by atoms with E-state index in [1.165, 1.54) is 12.8 Å². The molecule has 5 nitrogen and oxygen atoms in total. The highest BCUT2D eigenvalue weighted by Crippen LogP contribution is 2.19. The van der Waals surface area contributed by atoms with E-state index >= 15 is 0 Å². The minimum atomic E-state index is -0.386. The molecular formula is C15H18N2O3. The molecule has 0 unspecified atom stereocenters. The van der Waals surface area contributed by atoms with Gasteiger partial charge in [0, 0.05) is 11.6 Å². The van der Waals surface area contributed by atoms with Crippen LogP contribution in [0, 0.1) is 0 Å². The van der Waals surface area contributed by atoms with Crippen molar-refractivity contribution in [1.82, 2.24) is 5.32 Å². The predicted molar refractivity (Wildman–Crippen MR) is 75.2 cm³/mol. The van der Waals surface area contributed by atoms with Crippen molar-refractivity contribution < 1.29 is 14.3 Å². The van der Waals surface area contributed by atoms with Gasteiger partial charge in [0.05, 0.1) is 6.54 Å². The first kappa shape index (κ1) is 13.0. The summed E-state index contributed by atoms with van der Waals surface area (Å²) in [7, 11) is 0. The SMILES string of the molecule is O=C(NC1CCCC1)Oc1cccc(C2=NCCO2)c1. The van der Waals surface area contributed by atoms with Crippen molar-refractivity contribution in [2.75, 3.05) is 13.2 Å². The number of nitrogens with zero attached hydrogens (tertiary/aromatic N) is 1. The zero-order chi connectivity index (χ0) is 13.8. The Kier molecular flexibility index (Phi) is 3.85. The van der Waals surface area contributed by atoms with E-state index in [1.54, 1.807) is 12.1 Å². The summed E-state index contributed by atoms with van der Waals surface area (Å²) < 4.78 is 10.7. The summed E-state index contributed by atoms with van der Waals surface area (Å²) >= 11 is 0. The third-order valence-electron chi connectivity index (χ3n) is 3.55. The topological polar surface area (TPSA) is 59.9 Å². The van der Waals surface area contributed by atoms with Gasteiger partial charge in [0.2, 0.25) is 5.90 Å². The van der Waals surface area contributed by atoms with Crippen LogP contribution < -0.4 is 10.1 Å². The summed E-state index contributed by atoms with van der Waals surface area (Å²) in [4.78, 5) is 16.1. The Morgan fingerprint density at radius 1 is 1.35 bits per heavy atom. The molecule has 0 saturated heterocycles. The van der Waals surface area contributed by atoms with Gasteiger partial charge in [-0.1, -0.05) is 18.9 Å². The summed E-state index contributed by atoms with van der Waals surface area (Å²) in [5.41, 5.74) is 0.841. The normalized spacial score (nSPS) is 18.5. The number of amides is 1. The molecule has 1 aliphatic heterocycles. The van der Waals surface area contributed by atoms with E-state index in [2.05, 4.69) is 10.3 Å². The van der Waals surface area contributed by atoms with Crippen molar-refractivity contribution in [1.29, 1.82) is 0 Å². The van der Waals surface area contributed by atoms with Gasteiger partial charge in [0.1, 0.15) is 12.4 Å². The number of hydrogen-bond donors (Lipinski definition) is 1. The van der Waals surface area contributed by atoms with Crippen LogP contribution >= 0.6 is 0 Å². The zero-order valence-electron chi connectivity index (χ0n) is 11.3. The Morgan fingerprint density at radius 3 is 2.95 bits per heavy atom. The minimum absolute atomic E-state index is 0.258. The number of aliphatic imine (C=N–C) groups is 1. The first-order chi connectivity index (χ1) is 9.81. The molecule has 1 aromatic rings. The van der Waals surface area contributed by atoms with Gasteiger partial charge < -0.3 is 14.8 Å². The molecule has 3 rings (SSSR count). The first-order valence-electron chi connectivity index (χ1n) is 7.07. The lowest BCUT2D eigenvalue weighted by Crippen LogP contribution is -2.34. The number of rotatable bonds is 3. The molecule has 1 aliphatic carbocycles. The van der Waals surface area contributed by atoms with Gasteiger partial charge in [0.15, 0.2) is 0 Å².